The fourth-order valence-corrected chi connectivity index (χ4v) is 5.85. The van der Waals surface area contributed by atoms with E-state index in [1.807, 2.05) is 60.9 Å². The maximum atomic E-state index is 6.19. The van der Waals surface area contributed by atoms with Crippen molar-refractivity contribution in [1.29, 1.82) is 0 Å². The van der Waals surface area contributed by atoms with Gasteiger partial charge >= 0.3 is 0 Å². The minimum atomic E-state index is 0.557. The first-order valence-electron chi connectivity index (χ1n) is 14.6. The van der Waals surface area contributed by atoms with Crippen molar-refractivity contribution in [3.8, 4) is 50.8 Å². The molecule has 0 N–H and O–H groups in total. The molecular weight excluding hydrogens is 538 g/mol. The van der Waals surface area contributed by atoms with Crippen LogP contribution in [0.5, 0.6) is 11.6 Å². The van der Waals surface area contributed by atoms with Crippen LogP contribution in [0.3, 0.4) is 0 Å². The van der Waals surface area contributed by atoms with Crippen molar-refractivity contribution in [2.75, 3.05) is 0 Å². The third-order valence-electron chi connectivity index (χ3n) is 7.99. The van der Waals surface area contributed by atoms with Crippen LogP contribution in [0, 0.1) is 0 Å². The highest BCUT2D eigenvalue weighted by atomic mass is 16.5. The number of rotatable bonds is 6. The first-order valence-corrected chi connectivity index (χ1v) is 14.6. The fourth-order valence-electron chi connectivity index (χ4n) is 5.85. The summed E-state index contributed by atoms with van der Waals surface area (Å²) in [5.74, 6) is 2.18. The van der Waals surface area contributed by atoms with Gasteiger partial charge < -0.3 is 4.74 Å². The Hall–Kier alpha value is -6.00. The Morgan fingerprint density at radius 1 is 0.432 bits per heavy atom. The second-order valence-electron chi connectivity index (χ2n) is 10.7. The van der Waals surface area contributed by atoms with Gasteiger partial charge in [0.1, 0.15) is 11.6 Å². The second kappa shape index (κ2) is 11.0. The van der Waals surface area contributed by atoms with Crippen molar-refractivity contribution < 1.29 is 4.74 Å². The van der Waals surface area contributed by atoms with Crippen LogP contribution in [0.2, 0.25) is 0 Å². The van der Waals surface area contributed by atoms with Crippen LogP contribution in [0.4, 0.5) is 0 Å². The number of ether oxygens (including phenoxy) is 1. The van der Waals surface area contributed by atoms with Crippen LogP contribution in [0.25, 0.3) is 61.0 Å². The van der Waals surface area contributed by atoms with Gasteiger partial charge in [-0.25, -0.2) is 9.97 Å². The summed E-state index contributed by atoms with van der Waals surface area (Å²) < 4.78 is 8.45. The van der Waals surface area contributed by atoms with Gasteiger partial charge in [0, 0.05) is 34.8 Å². The Bertz CT molecular complexity index is 2240. The van der Waals surface area contributed by atoms with E-state index in [1.165, 1.54) is 16.3 Å². The van der Waals surface area contributed by atoms with Gasteiger partial charge in [0.05, 0.1) is 11.0 Å². The summed E-state index contributed by atoms with van der Waals surface area (Å²) >= 11 is 0. The van der Waals surface area contributed by atoms with Crippen molar-refractivity contribution in [3.63, 3.8) is 0 Å². The van der Waals surface area contributed by atoms with Crippen molar-refractivity contribution in [2.24, 2.45) is 0 Å². The molecule has 0 aliphatic heterocycles. The molecule has 0 bridgehead atoms. The lowest BCUT2D eigenvalue weighted by molar-refractivity contribution is 0.463. The van der Waals surface area contributed by atoms with Crippen molar-refractivity contribution >= 4 is 21.8 Å². The monoisotopic (exact) mass is 565 g/mol. The number of aromatic nitrogens is 3. The molecule has 0 saturated heterocycles. The van der Waals surface area contributed by atoms with Crippen molar-refractivity contribution in [2.45, 2.75) is 0 Å². The van der Waals surface area contributed by atoms with Gasteiger partial charge in [-0.2, -0.15) is 0 Å². The molecule has 0 aliphatic rings. The van der Waals surface area contributed by atoms with Crippen LogP contribution in [-0.2, 0) is 0 Å². The Balaban J connectivity index is 1.17. The van der Waals surface area contributed by atoms with Gasteiger partial charge in [0.15, 0.2) is 0 Å². The van der Waals surface area contributed by atoms with E-state index in [1.54, 1.807) is 0 Å². The summed E-state index contributed by atoms with van der Waals surface area (Å²) in [6, 6.07) is 52.2. The molecule has 0 saturated carbocycles. The normalized spacial score (nSPS) is 11.2. The van der Waals surface area contributed by atoms with E-state index in [-0.39, 0.29) is 0 Å². The summed E-state index contributed by atoms with van der Waals surface area (Å²) in [4.78, 5) is 9.39. The Kier molecular flexibility index (Phi) is 6.43. The van der Waals surface area contributed by atoms with E-state index in [4.69, 9.17) is 9.72 Å². The van der Waals surface area contributed by atoms with Crippen LogP contribution in [0.15, 0.2) is 164 Å². The Morgan fingerprint density at radius 2 is 1.09 bits per heavy atom. The van der Waals surface area contributed by atoms with Crippen LogP contribution in [0.1, 0.15) is 0 Å². The van der Waals surface area contributed by atoms with Gasteiger partial charge in [0.25, 0.3) is 0 Å². The number of fused-ring (bicyclic) bond motifs is 3. The van der Waals surface area contributed by atoms with E-state index < -0.39 is 0 Å². The maximum Gasteiger partial charge on any atom is 0.219 e. The number of nitrogens with zero attached hydrogens (tertiary/aromatic N) is 3. The van der Waals surface area contributed by atoms with E-state index >= 15 is 0 Å². The molecule has 3 heterocycles. The predicted octanol–water partition coefficient (Wildman–Crippen LogP) is 10.4. The third kappa shape index (κ3) is 4.79. The van der Waals surface area contributed by atoms with Crippen LogP contribution >= 0.6 is 0 Å². The molecule has 0 radical (unpaired) electrons. The zero-order valence-corrected chi connectivity index (χ0v) is 23.8. The van der Waals surface area contributed by atoms with Gasteiger partial charge in [0.2, 0.25) is 5.88 Å². The number of benzene rings is 5. The first kappa shape index (κ1) is 25.7. The van der Waals surface area contributed by atoms with E-state index in [0.717, 1.165) is 50.4 Å². The molecule has 0 atom stereocenters. The molecular formula is C40H27N3O. The molecule has 0 unspecified atom stereocenters. The van der Waals surface area contributed by atoms with E-state index in [9.17, 15) is 0 Å². The van der Waals surface area contributed by atoms with Gasteiger partial charge in [-0.3, -0.25) is 4.57 Å². The van der Waals surface area contributed by atoms with Gasteiger partial charge in [-0.15, -0.1) is 0 Å². The number of hydrogen-bond acceptors (Lipinski definition) is 3. The van der Waals surface area contributed by atoms with Gasteiger partial charge in [-0.05, 0) is 70.3 Å². The molecule has 8 rings (SSSR count). The lowest BCUT2D eigenvalue weighted by Gasteiger charge is -2.11. The third-order valence-corrected chi connectivity index (χ3v) is 7.99. The van der Waals surface area contributed by atoms with E-state index in [2.05, 4.69) is 113 Å². The molecule has 44 heavy (non-hydrogen) atoms. The van der Waals surface area contributed by atoms with E-state index in [0.29, 0.717) is 5.88 Å². The second-order valence-corrected chi connectivity index (χ2v) is 10.7. The number of pyridine rings is 2. The molecule has 0 amide bonds. The molecule has 5 aromatic carbocycles. The standard InChI is InChI=1S/C40H27N3O/c1-3-10-28(11-4-1)32-22-23-41-39(26-32)43-37-17-8-7-16-35(37)36-20-18-31(25-38(36)43)30-14-9-15-34(24-30)44-40-21-19-33(27-42-40)29-12-5-2-6-13-29/h1-27H. The largest absolute Gasteiger partial charge is 0.439 e. The summed E-state index contributed by atoms with van der Waals surface area (Å²) in [5, 5.41) is 2.38. The maximum absolute atomic E-state index is 6.19. The molecule has 3 aromatic heterocycles. The Morgan fingerprint density at radius 3 is 1.89 bits per heavy atom. The fraction of sp³-hybridized carbons (Fsp3) is 0. The Labute approximate surface area is 255 Å². The SMILES string of the molecule is c1ccc(-c2ccc(Oc3cccc(-c4ccc5c6ccccc6n(-c6cc(-c7ccccc7)ccn6)c5c4)c3)nc2)cc1. The van der Waals surface area contributed by atoms with Crippen molar-refractivity contribution in [3.05, 3.63) is 164 Å². The lowest BCUT2D eigenvalue weighted by Crippen LogP contribution is -1.97. The average Bonchev–Trinajstić information content (AvgIpc) is 3.43. The molecule has 8 aromatic rings. The van der Waals surface area contributed by atoms with Crippen LogP contribution in [-0.4, -0.2) is 14.5 Å². The summed E-state index contributed by atoms with van der Waals surface area (Å²) in [6.07, 6.45) is 3.74. The van der Waals surface area contributed by atoms with Crippen molar-refractivity contribution in [1.82, 2.24) is 14.5 Å². The minimum absolute atomic E-state index is 0.557. The molecule has 4 nitrogen and oxygen atoms in total. The molecule has 0 spiro atoms. The highest BCUT2D eigenvalue weighted by Gasteiger charge is 2.15. The zero-order valence-electron chi connectivity index (χ0n) is 23.8. The topological polar surface area (TPSA) is 39.9 Å². The average molecular weight is 566 g/mol. The molecule has 208 valence electrons. The molecule has 0 aliphatic carbocycles. The molecule has 0 fully saturated rings. The summed E-state index contributed by atoms with van der Waals surface area (Å²) in [7, 11) is 0. The quantitative estimate of drug-likeness (QED) is 0.201. The molecule has 4 heteroatoms. The lowest BCUT2D eigenvalue weighted by atomic mass is 10.0. The first-order chi connectivity index (χ1) is 21.8. The highest BCUT2D eigenvalue weighted by Crippen LogP contribution is 2.36. The smallest absolute Gasteiger partial charge is 0.219 e. The summed E-state index contributed by atoms with van der Waals surface area (Å²) in [5.41, 5.74) is 8.87. The van der Waals surface area contributed by atoms with Crippen LogP contribution < -0.4 is 4.74 Å². The highest BCUT2D eigenvalue weighted by molar-refractivity contribution is 6.10. The predicted molar refractivity (Wildman–Crippen MR) is 179 cm³/mol. The zero-order chi connectivity index (χ0) is 29.3. The number of hydrogen-bond donors (Lipinski definition) is 0. The minimum Gasteiger partial charge on any atom is -0.439 e. The summed E-state index contributed by atoms with van der Waals surface area (Å²) in [6.45, 7) is 0. The number of para-hydroxylation sites is 1. The van der Waals surface area contributed by atoms with Gasteiger partial charge in [-0.1, -0.05) is 103 Å².